The first-order valence-corrected chi connectivity index (χ1v) is 10.3. The number of hydrogen-bond acceptors (Lipinski definition) is 5. The van der Waals surface area contributed by atoms with E-state index in [9.17, 15) is 18.0 Å². The largest absolute Gasteiger partial charge is 0.346 e. The van der Waals surface area contributed by atoms with E-state index in [2.05, 4.69) is 17.2 Å². The molecule has 0 aliphatic carbocycles. The first-order chi connectivity index (χ1) is 12.4. The number of amides is 2. The highest BCUT2D eigenvalue weighted by atomic mass is 32.2. The van der Waals surface area contributed by atoms with Crippen LogP contribution in [0.3, 0.4) is 0 Å². The minimum atomic E-state index is -3.73. The van der Waals surface area contributed by atoms with Crippen molar-refractivity contribution in [3.63, 3.8) is 0 Å². The van der Waals surface area contributed by atoms with Crippen LogP contribution in [0.4, 0.5) is 0 Å². The summed E-state index contributed by atoms with van der Waals surface area (Å²) in [6, 6.07) is 9.98. The van der Waals surface area contributed by atoms with Crippen LogP contribution < -0.4 is 10.6 Å². The van der Waals surface area contributed by atoms with Gasteiger partial charge in [0.05, 0.1) is 4.90 Å². The third-order valence-electron chi connectivity index (χ3n) is 3.65. The van der Waals surface area contributed by atoms with Crippen LogP contribution in [0.1, 0.15) is 15.7 Å². The maximum Gasteiger partial charge on any atom is 0.309 e. The predicted molar refractivity (Wildman–Crippen MR) is 102 cm³/mol. The highest BCUT2D eigenvalue weighted by Gasteiger charge is 2.31. The number of rotatable bonds is 7. The molecule has 2 aromatic rings. The van der Waals surface area contributed by atoms with Crippen molar-refractivity contribution in [2.24, 2.45) is 0 Å². The Balaban J connectivity index is 2.22. The van der Waals surface area contributed by atoms with Gasteiger partial charge in [-0.3, -0.25) is 9.59 Å². The van der Waals surface area contributed by atoms with Crippen LogP contribution in [0, 0.1) is 6.92 Å². The first-order valence-electron chi connectivity index (χ1n) is 7.87. The summed E-state index contributed by atoms with van der Waals surface area (Å²) in [5, 5.41) is 5.56. The number of sulfone groups is 1. The van der Waals surface area contributed by atoms with E-state index in [1.165, 1.54) is 17.4 Å². The van der Waals surface area contributed by atoms with E-state index in [1.54, 1.807) is 41.8 Å². The zero-order valence-corrected chi connectivity index (χ0v) is 15.9. The molecule has 2 N–H and O–H groups in total. The van der Waals surface area contributed by atoms with Gasteiger partial charge in [0.1, 0.15) is 5.25 Å². The average molecular weight is 393 g/mol. The Bertz CT molecular complexity index is 872. The van der Waals surface area contributed by atoms with Crippen molar-refractivity contribution < 1.29 is 18.0 Å². The number of carbonyl (C=O) groups excluding carboxylic acids is 2. The van der Waals surface area contributed by atoms with Crippen molar-refractivity contribution in [3.05, 3.63) is 64.9 Å². The lowest BCUT2D eigenvalue weighted by Gasteiger charge is -2.17. The molecule has 0 aliphatic heterocycles. The lowest BCUT2D eigenvalue weighted by molar-refractivity contribution is -0.139. The second kappa shape index (κ2) is 8.77. The lowest BCUT2D eigenvalue weighted by atomic mass is 10.2. The third kappa shape index (κ3) is 4.80. The molecule has 0 aliphatic rings. The van der Waals surface area contributed by atoms with E-state index >= 15 is 0 Å². The molecule has 1 heterocycles. The molecule has 0 spiro atoms. The summed E-state index contributed by atoms with van der Waals surface area (Å²) < 4.78 is 26.1. The summed E-state index contributed by atoms with van der Waals surface area (Å²) in [4.78, 5) is 24.3. The minimum Gasteiger partial charge on any atom is -0.346 e. The SMILES string of the molecule is C=CCNC(=O)C(=O)NC[C@H](c1cccs1)S(=O)(=O)c1ccc(C)cc1. The van der Waals surface area contributed by atoms with Crippen LogP contribution in [-0.2, 0) is 19.4 Å². The van der Waals surface area contributed by atoms with Crippen LogP contribution in [0.5, 0.6) is 0 Å². The third-order valence-corrected chi connectivity index (χ3v) is 6.88. The maximum atomic E-state index is 13.0. The molecule has 1 aromatic heterocycles. The van der Waals surface area contributed by atoms with Crippen molar-refractivity contribution in [3.8, 4) is 0 Å². The molecular formula is C18H20N2O4S2. The van der Waals surface area contributed by atoms with Gasteiger partial charge in [-0.15, -0.1) is 17.9 Å². The Morgan fingerprint density at radius 2 is 1.81 bits per heavy atom. The maximum absolute atomic E-state index is 13.0. The molecule has 138 valence electrons. The molecular weight excluding hydrogens is 372 g/mol. The summed E-state index contributed by atoms with van der Waals surface area (Å²) in [5.74, 6) is -1.71. The number of thiophene rings is 1. The van der Waals surface area contributed by atoms with Crippen LogP contribution in [0.15, 0.2) is 59.3 Å². The standard InChI is InChI=1S/C18H20N2O4S2/c1-3-10-19-17(21)18(22)20-12-16(15-5-4-11-25-15)26(23,24)14-8-6-13(2)7-9-14/h3-9,11,16H,1,10,12H2,2H3,(H,19,21)(H,20,22)/t16-/m1/s1. The Morgan fingerprint density at radius 3 is 2.38 bits per heavy atom. The normalized spacial score (nSPS) is 12.2. The van der Waals surface area contributed by atoms with Gasteiger partial charge >= 0.3 is 11.8 Å². The van der Waals surface area contributed by atoms with Gasteiger partial charge in [-0.1, -0.05) is 29.8 Å². The van der Waals surface area contributed by atoms with E-state index < -0.39 is 26.9 Å². The number of nitrogens with one attached hydrogen (secondary N) is 2. The van der Waals surface area contributed by atoms with Gasteiger partial charge in [-0.25, -0.2) is 8.42 Å². The molecule has 0 radical (unpaired) electrons. The molecule has 0 fully saturated rings. The van der Waals surface area contributed by atoms with Gasteiger partial charge in [0, 0.05) is 18.0 Å². The highest BCUT2D eigenvalue weighted by molar-refractivity contribution is 7.91. The zero-order chi connectivity index (χ0) is 19.2. The molecule has 8 heteroatoms. The van der Waals surface area contributed by atoms with E-state index in [4.69, 9.17) is 0 Å². The summed E-state index contributed by atoms with van der Waals surface area (Å²) in [5.41, 5.74) is 0.948. The lowest BCUT2D eigenvalue weighted by Crippen LogP contribution is -2.42. The Labute approximate surface area is 156 Å². The van der Waals surface area contributed by atoms with Crippen molar-refractivity contribution in [2.75, 3.05) is 13.1 Å². The fraction of sp³-hybridized carbons (Fsp3) is 0.222. The number of aryl methyl sites for hydroxylation is 1. The topological polar surface area (TPSA) is 92.3 Å². The van der Waals surface area contributed by atoms with E-state index in [0.717, 1.165) is 5.56 Å². The van der Waals surface area contributed by atoms with Crippen molar-refractivity contribution in [1.82, 2.24) is 10.6 Å². The molecule has 6 nitrogen and oxygen atoms in total. The zero-order valence-electron chi connectivity index (χ0n) is 14.3. The Kier molecular flexibility index (Phi) is 6.70. The van der Waals surface area contributed by atoms with Gasteiger partial charge in [-0.05, 0) is 30.5 Å². The second-order valence-corrected chi connectivity index (χ2v) is 8.68. The summed E-state index contributed by atoms with van der Waals surface area (Å²) in [6.07, 6.45) is 1.45. The molecule has 2 rings (SSSR count). The van der Waals surface area contributed by atoms with Gasteiger partial charge in [0.15, 0.2) is 9.84 Å². The fourth-order valence-electron chi connectivity index (χ4n) is 2.24. The molecule has 0 unspecified atom stereocenters. The fourth-order valence-corrected chi connectivity index (χ4v) is 5.03. The van der Waals surface area contributed by atoms with Gasteiger partial charge in [-0.2, -0.15) is 0 Å². The van der Waals surface area contributed by atoms with Crippen molar-refractivity contribution in [2.45, 2.75) is 17.1 Å². The van der Waals surface area contributed by atoms with Gasteiger partial charge in [0.25, 0.3) is 0 Å². The Morgan fingerprint density at radius 1 is 1.15 bits per heavy atom. The van der Waals surface area contributed by atoms with Gasteiger partial charge < -0.3 is 10.6 Å². The Hall–Kier alpha value is -2.45. The molecule has 26 heavy (non-hydrogen) atoms. The first kappa shape index (κ1) is 19.9. The smallest absolute Gasteiger partial charge is 0.309 e. The van der Waals surface area contributed by atoms with Crippen molar-refractivity contribution >= 4 is 33.0 Å². The van der Waals surface area contributed by atoms with Crippen LogP contribution >= 0.6 is 11.3 Å². The predicted octanol–water partition coefficient (Wildman–Crippen LogP) is 1.99. The monoisotopic (exact) mass is 392 g/mol. The summed E-state index contributed by atoms with van der Waals surface area (Å²) in [6.45, 7) is 5.28. The van der Waals surface area contributed by atoms with E-state index in [-0.39, 0.29) is 18.0 Å². The quantitative estimate of drug-likeness (QED) is 0.557. The molecule has 2 amide bonds. The van der Waals surface area contributed by atoms with Crippen LogP contribution in [0.2, 0.25) is 0 Å². The second-order valence-electron chi connectivity index (χ2n) is 5.57. The molecule has 0 bridgehead atoms. The number of carbonyl (C=O) groups is 2. The molecule has 1 aromatic carbocycles. The number of hydrogen-bond donors (Lipinski definition) is 2. The van der Waals surface area contributed by atoms with Crippen LogP contribution in [-0.4, -0.2) is 33.3 Å². The van der Waals surface area contributed by atoms with Crippen LogP contribution in [0.25, 0.3) is 0 Å². The number of benzene rings is 1. The van der Waals surface area contributed by atoms with E-state index in [1.807, 2.05) is 6.92 Å². The average Bonchev–Trinajstić information content (AvgIpc) is 3.14. The van der Waals surface area contributed by atoms with Crippen molar-refractivity contribution in [1.29, 1.82) is 0 Å². The molecule has 0 saturated heterocycles. The summed E-state index contributed by atoms with van der Waals surface area (Å²) >= 11 is 1.29. The molecule has 1 atom stereocenters. The van der Waals surface area contributed by atoms with Gasteiger partial charge in [0.2, 0.25) is 0 Å². The molecule has 0 saturated carbocycles. The minimum absolute atomic E-state index is 0.155. The van der Waals surface area contributed by atoms with E-state index in [0.29, 0.717) is 4.88 Å². The highest BCUT2D eigenvalue weighted by Crippen LogP contribution is 2.31. The summed E-state index contributed by atoms with van der Waals surface area (Å²) in [7, 11) is -3.73.